The number of ketones is 1. The molecule has 0 saturated heterocycles. The van der Waals surface area contributed by atoms with Gasteiger partial charge in [-0.2, -0.15) is 0 Å². The number of benzene rings is 1. The average Bonchev–Trinajstić information content (AvgIpc) is 2.46. The Morgan fingerprint density at radius 3 is 2.19 bits per heavy atom. The summed E-state index contributed by atoms with van der Waals surface area (Å²) in [5.74, 6) is -0.331. The minimum atomic E-state index is -0.353. The van der Waals surface area contributed by atoms with Gasteiger partial charge in [-0.25, -0.2) is 4.39 Å². The second kappa shape index (κ2) is 8.52. The predicted octanol–water partition coefficient (Wildman–Crippen LogP) is 2.20. The molecule has 1 aromatic rings. The van der Waals surface area contributed by atoms with Crippen LogP contribution < -0.4 is 0 Å². The molecular weight excluding hydrogens is 271 g/mol. The summed E-state index contributed by atoms with van der Waals surface area (Å²) in [5.41, 5.74) is 0.500. The van der Waals surface area contributed by atoms with Crippen LogP contribution in [-0.4, -0.2) is 54.7 Å². The van der Waals surface area contributed by atoms with Crippen molar-refractivity contribution in [2.75, 3.05) is 33.2 Å². The van der Waals surface area contributed by atoms with Crippen LogP contribution in [0.1, 0.15) is 30.6 Å². The van der Waals surface area contributed by atoms with Crippen LogP contribution in [0, 0.1) is 5.82 Å². The predicted molar refractivity (Wildman–Crippen MR) is 80.8 cm³/mol. The van der Waals surface area contributed by atoms with Crippen LogP contribution >= 0.6 is 0 Å². The SMILES string of the molecule is CCN(CC)C(=O)CN(C)CCC(=O)c1ccc(F)cc1. The van der Waals surface area contributed by atoms with Crippen LogP contribution in [0.2, 0.25) is 0 Å². The third kappa shape index (κ3) is 5.63. The number of Topliss-reactive ketones (excluding diaryl/α,β-unsaturated/α-hetero) is 1. The van der Waals surface area contributed by atoms with Crippen LogP contribution in [0.4, 0.5) is 4.39 Å². The highest BCUT2D eigenvalue weighted by Gasteiger charge is 2.13. The van der Waals surface area contributed by atoms with Gasteiger partial charge in [0.1, 0.15) is 5.82 Å². The standard InChI is InChI=1S/C16H23FN2O2/c1-4-19(5-2)16(21)12-18(3)11-10-15(20)13-6-8-14(17)9-7-13/h6-9H,4-5,10-12H2,1-3H3. The summed E-state index contributed by atoms with van der Waals surface area (Å²) in [6, 6.07) is 5.53. The fourth-order valence-corrected chi connectivity index (χ4v) is 2.06. The van der Waals surface area contributed by atoms with Crippen LogP contribution in [0.15, 0.2) is 24.3 Å². The highest BCUT2D eigenvalue weighted by molar-refractivity contribution is 5.96. The minimum Gasteiger partial charge on any atom is -0.342 e. The molecule has 0 aliphatic heterocycles. The third-order valence-electron chi connectivity index (χ3n) is 3.41. The van der Waals surface area contributed by atoms with Crippen molar-refractivity contribution in [2.45, 2.75) is 20.3 Å². The summed E-state index contributed by atoms with van der Waals surface area (Å²) < 4.78 is 12.8. The van der Waals surface area contributed by atoms with Gasteiger partial charge < -0.3 is 4.90 Å². The van der Waals surface area contributed by atoms with Gasteiger partial charge in [0.15, 0.2) is 5.78 Å². The molecule has 0 atom stereocenters. The fraction of sp³-hybridized carbons (Fsp3) is 0.500. The van der Waals surface area contributed by atoms with Gasteiger partial charge in [0.2, 0.25) is 5.91 Å². The summed E-state index contributed by atoms with van der Waals surface area (Å²) in [6.07, 6.45) is 0.313. The Morgan fingerprint density at radius 2 is 1.67 bits per heavy atom. The first-order chi connectivity index (χ1) is 9.97. The number of nitrogens with zero attached hydrogens (tertiary/aromatic N) is 2. The van der Waals surface area contributed by atoms with Crippen molar-refractivity contribution in [3.05, 3.63) is 35.6 Å². The smallest absolute Gasteiger partial charge is 0.236 e. The molecule has 21 heavy (non-hydrogen) atoms. The Hall–Kier alpha value is -1.75. The van der Waals surface area contributed by atoms with Crippen LogP contribution in [0.3, 0.4) is 0 Å². The number of amides is 1. The van der Waals surface area contributed by atoms with Crippen molar-refractivity contribution < 1.29 is 14.0 Å². The van der Waals surface area contributed by atoms with E-state index in [1.54, 1.807) is 4.90 Å². The Bertz CT molecular complexity index is 470. The van der Waals surface area contributed by atoms with E-state index in [1.807, 2.05) is 25.8 Å². The molecule has 0 saturated carbocycles. The molecule has 0 aromatic heterocycles. The van der Waals surface area contributed by atoms with E-state index in [0.29, 0.717) is 38.2 Å². The molecule has 1 rings (SSSR count). The Kier molecular flexibility index (Phi) is 7.02. The number of carbonyl (C=O) groups excluding carboxylic acids is 2. The number of carbonyl (C=O) groups is 2. The van der Waals surface area contributed by atoms with Gasteiger partial charge in [-0.05, 0) is 45.2 Å². The summed E-state index contributed by atoms with van der Waals surface area (Å²) in [5, 5.41) is 0. The molecule has 0 N–H and O–H groups in total. The molecular formula is C16H23FN2O2. The molecule has 5 heteroatoms. The maximum absolute atomic E-state index is 12.8. The van der Waals surface area contributed by atoms with Crippen molar-refractivity contribution in [3.63, 3.8) is 0 Å². The second-order valence-corrected chi connectivity index (χ2v) is 4.98. The fourth-order valence-electron chi connectivity index (χ4n) is 2.06. The molecule has 116 valence electrons. The van der Waals surface area contributed by atoms with E-state index >= 15 is 0 Å². The first-order valence-electron chi connectivity index (χ1n) is 7.23. The van der Waals surface area contributed by atoms with Gasteiger partial charge in [0.25, 0.3) is 0 Å². The molecule has 0 heterocycles. The monoisotopic (exact) mass is 294 g/mol. The summed E-state index contributed by atoms with van der Waals surface area (Å²) >= 11 is 0. The molecule has 0 fully saturated rings. The number of hydrogen-bond acceptors (Lipinski definition) is 3. The normalized spacial score (nSPS) is 10.7. The van der Waals surface area contributed by atoms with E-state index in [2.05, 4.69) is 0 Å². The quantitative estimate of drug-likeness (QED) is 0.690. The van der Waals surface area contributed by atoms with Gasteiger partial charge >= 0.3 is 0 Å². The van der Waals surface area contributed by atoms with Crippen LogP contribution in [0.25, 0.3) is 0 Å². The van der Waals surface area contributed by atoms with Gasteiger partial charge in [0, 0.05) is 31.6 Å². The number of hydrogen-bond donors (Lipinski definition) is 0. The maximum Gasteiger partial charge on any atom is 0.236 e. The van der Waals surface area contributed by atoms with E-state index in [4.69, 9.17) is 0 Å². The Labute approximate surface area is 125 Å². The lowest BCUT2D eigenvalue weighted by molar-refractivity contribution is -0.131. The van der Waals surface area contributed by atoms with Crippen LogP contribution in [0.5, 0.6) is 0 Å². The number of rotatable bonds is 8. The van der Waals surface area contributed by atoms with Crippen molar-refractivity contribution >= 4 is 11.7 Å². The second-order valence-electron chi connectivity index (χ2n) is 4.98. The van der Waals surface area contributed by atoms with Gasteiger partial charge in [-0.15, -0.1) is 0 Å². The molecule has 1 aromatic carbocycles. The molecule has 0 aliphatic rings. The summed E-state index contributed by atoms with van der Waals surface area (Å²) in [7, 11) is 1.82. The Morgan fingerprint density at radius 1 is 1.10 bits per heavy atom. The average molecular weight is 294 g/mol. The zero-order valence-electron chi connectivity index (χ0n) is 12.9. The van der Waals surface area contributed by atoms with Crippen molar-refractivity contribution in [2.24, 2.45) is 0 Å². The highest BCUT2D eigenvalue weighted by Crippen LogP contribution is 2.06. The lowest BCUT2D eigenvalue weighted by atomic mass is 10.1. The molecule has 4 nitrogen and oxygen atoms in total. The molecule has 0 bridgehead atoms. The molecule has 0 unspecified atom stereocenters. The maximum atomic E-state index is 12.8. The first-order valence-corrected chi connectivity index (χ1v) is 7.23. The van der Waals surface area contributed by atoms with Gasteiger partial charge in [0.05, 0.1) is 6.54 Å². The van der Waals surface area contributed by atoms with E-state index in [-0.39, 0.29) is 17.5 Å². The van der Waals surface area contributed by atoms with Gasteiger partial charge in [-0.1, -0.05) is 0 Å². The van der Waals surface area contributed by atoms with Gasteiger partial charge in [-0.3, -0.25) is 14.5 Å². The molecule has 0 radical (unpaired) electrons. The first kappa shape index (κ1) is 17.3. The van der Waals surface area contributed by atoms with E-state index in [9.17, 15) is 14.0 Å². The number of likely N-dealkylation sites (N-methyl/N-ethyl adjacent to an activating group) is 2. The lowest BCUT2D eigenvalue weighted by Crippen LogP contribution is -2.39. The number of halogens is 1. The zero-order valence-corrected chi connectivity index (χ0v) is 12.9. The summed E-state index contributed by atoms with van der Waals surface area (Å²) in [4.78, 5) is 27.5. The van der Waals surface area contributed by atoms with Crippen molar-refractivity contribution in [3.8, 4) is 0 Å². The summed E-state index contributed by atoms with van der Waals surface area (Å²) in [6.45, 7) is 6.08. The van der Waals surface area contributed by atoms with E-state index < -0.39 is 0 Å². The topological polar surface area (TPSA) is 40.6 Å². The zero-order chi connectivity index (χ0) is 15.8. The van der Waals surface area contributed by atoms with E-state index in [0.717, 1.165) is 0 Å². The van der Waals surface area contributed by atoms with E-state index in [1.165, 1.54) is 24.3 Å². The Balaban J connectivity index is 2.42. The third-order valence-corrected chi connectivity index (χ3v) is 3.41. The largest absolute Gasteiger partial charge is 0.342 e. The minimum absolute atomic E-state index is 0.0443. The van der Waals surface area contributed by atoms with Crippen LogP contribution in [-0.2, 0) is 4.79 Å². The van der Waals surface area contributed by atoms with Crippen molar-refractivity contribution in [1.29, 1.82) is 0 Å². The van der Waals surface area contributed by atoms with Crippen molar-refractivity contribution in [1.82, 2.24) is 9.80 Å². The molecule has 0 aliphatic carbocycles. The molecule has 0 spiro atoms. The molecule has 1 amide bonds. The lowest BCUT2D eigenvalue weighted by Gasteiger charge is -2.22. The highest BCUT2D eigenvalue weighted by atomic mass is 19.1.